The summed E-state index contributed by atoms with van der Waals surface area (Å²) in [5.74, 6) is 0.982. The summed E-state index contributed by atoms with van der Waals surface area (Å²) >= 11 is 0. The molecule has 0 saturated carbocycles. The Balaban J connectivity index is 2.11. The lowest BCUT2D eigenvalue weighted by Gasteiger charge is -2.19. The van der Waals surface area contributed by atoms with Crippen molar-refractivity contribution >= 4 is 15.8 Å². The van der Waals surface area contributed by atoms with E-state index in [1.54, 1.807) is 6.20 Å². The van der Waals surface area contributed by atoms with E-state index in [-0.39, 0.29) is 11.7 Å². The van der Waals surface area contributed by atoms with Crippen molar-refractivity contribution in [3.8, 4) is 0 Å². The van der Waals surface area contributed by atoms with Crippen LogP contribution in [-0.4, -0.2) is 37.5 Å². The molecular weight excluding hydrogens is 252 g/mol. The Kier molecular flexibility index (Phi) is 3.54. The molecule has 0 bridgehead atoms. The standard InChI is InChI=1S/C11H18N4O2S/c1-8-5-13-14-11(9(8)2)15-4-3-10(6-15)7-18(12,16)17/h5,10H,3-4,6-7H2,1-2H3,(H2,12,16,17). The zero-order valence-corrected chi connectivity index (χ0v) is 11.4. The molecule has 100 valence electrons. The van der Waals surface area contributed by atoms with Crippen molar-refractivity contribution in [3.63, 3.8) is 0 Å². The first-order chi connectivity index (χ1) is 8.37. The van der Waals surface area contributed by atoms with Crippen molar-refractivity contribution < 1.29 is 8.42 Å². The van der Waals surface area contributed by atoms with E-state index < -0.39 is 10.0 Å². The molecule has 2 heterocycles. The van der Waals surface area contributed by atoms with Crippen molar-refractivity contribution in [3.05, 3.63) is 17.3 Å². The molecule has 1 fully saturated rings. The van der Waals surface area contributed by atoms with E-state index in [4.69, 9.17) is 5.14 Å². The highest BCUT2D eigenvalue weighted by Crippen LogP contribution is 2.26. The van der Waals surface area contributed by atoms with Crippen LogP contribution in [0, 0.1) is 19.8 Å². The fourth-order valence-corrected chi connectivity index (χ4v) is 3.24. The topological polar surface area (TPSA) is 89.2 Å². The van der Waals surface area contributed by atoms with Crippen molar-refractivity contribution in [1.29, 1.82) is 0 Å². The molecule has 18 heavy (non-hydrogen) atoms. The monoisotopic (exact) mass is 270 g/mol. The van der Waals surface area contributed by atoms with Gasteiger partial charge in [0.1, 0.15) is 0 Å². The Morgan fingerprint density at radius 3 is 2.89 bits per heavy atom. The minimum absolute atomic E-state index is 0.0434. The van der Waals surface area contributed by atoms with Gasteiger partial charge in [-0.2, -0.15) is 5.10 Å². The van der Waals surface area contributed by atoms with Gasteiger partial charge in [-0.3, -0.25) is 0 Å². The van der Waals surface area contributed by atoms with E-state index in [0.717, 1.165) is 29.9 Å². The van der Waals surface area contributed by atoms with Crippen LogP contribution in [0.2, 0.25) is 0 Å². The summed E-state index contributed by atoms with van der Waals surface area (Å²) in [7, 11) is -3.39. The van der Waals surface area contributed by atoms with Crippen molar-refractivity contribution in [2.45, 2.75) is 20.3 Å². The van der Waals surface area contributed by atoms with Gasteiger partial charge in [-0.15, -0.1) is 5.10 Å². The number of anilines is 1. The maximum absolute atomic E-state index is 11.1. The van der Waals surface area contributed by atoms with E-state index in [9.17, 15) is 8.42 Å². The van der Waals surface area contributed by atoms with Gasteiger partial charge in [-0.05, 0) is 37.3 Å². The summed E-state index contributed by atoms with van der Waals surface area (Å²) in [6, 6.07) is 0. The second-order valence-electron chi connectivity index (χ2n) is 4.91. The third-order valence-corrected chi connectivity index (χ3v) is 4.32. The Labute approximate surface area is 107 Å². The highest BCUT2D eigenvalue weighted by Gasteiger charge is 2.27. The molecule has 0 radical (unpaired) electrons. The van der Waals surface area contributed by atoms with Gasteiger partial charge in [0, 0.05) is 13.1 Å². The Hall–Kier alpha value is -1.21. The minimum Gasteiger partial charge on any atom is -0.355 e. The normalized spacial score (nSPS) is 20.4. The molecule has 1 saturated heterocycles. The number of nitrogens with zero attached hydrogens (tertiary/aromatic N) is 3. The highest BCUT2D eigenvalue weighted by atomic mass is 32.2. The van der Waals surface area contributed by atoms with Gasteiger partial charge in [0.05, 0.1) is 11.9 Å². The second-order valence-corrected chi connectivity index (χ2v) is 6.57. The van der Waals surface area contributed by atoms with Crippen LogP contribution in [0.1, 0.15) is 17.5 Å². The highest BCUT2D eigenvalue weighted by molar-refractivity contribution is 7.89. The molecule has 1 aromatic heterocycles. The van der Waals surface area contributed by atoms with E-state index in [0.29, 0.717) is 6.54 Å². The fraction of sp³-hybridized carbons (Fsp3) is 0.636. The third kappa shape index (κ3) is 2.97. The van der Waals surface area contributed by atoms with Crippen LogP contribution in [0.3, 0.4) is 0 Å². The van der Waals surface area contributed by atoms with Gasteiger partial charge < -0.3 is 4.90 Å². The fourth-order valence-electron chi connectivity index (χ4n) is 2.31. The molecule has 0 amide bonds. The molecular formula is C11H18N4O2S. The molecule has 1 atom stereocenters. The first-order valence-electron chi connectivity index (χ1n) is 5.91. The van der Waals surface area contributed by atoms with Crippen LogP contribution >= 0.6 is 0 Å². The number of sulfonamides is 1. The number of hydrogen-bond acceptors (Lipinski definition) is 5. The summed E-state index contributed by atoms with van der Waals surface area (Å²) in [5.41, 5.74) is 2.19. The maximum Gasteiger partial charge on any atom is 0.209 e. The average Bonchev–Trinajstić information content (AvgIpc) is 2.68. The van der Waals surface area contributed by atoms with Crippen molar-refractivity contribution in [2.75, 3.05) is 23.7 Å². The Bertz CT molecular complexity index is 544. The van der Waals surface area contributed by atoms with E-state index in [2.05, 4.69) is 15.1 Å². The van der Waals surface area contributed by atoms with Crippen LogP contribution < -0.4 is 10.0 Å². The predicted molar refractivity (Wildman–Crippen MR) is 69.8 cm³/mol. The SMILES string of the molecule is Cc1cnnc(N2CCC(CS(N)(=O)=O)C2)c1C. The first kappa shape index (κ1) is 13.2. The first-order valence-corrected chi connectivity index (χ1v) is 7.62. The number of hydrogen-bond donors (Lipinski definition) is 1. The van der Waals surface area contributed by atoms with Crippen LogP contribution in [0.15, 0.2) is 6.20 Å². The third-order valence-electron chi connectivity index (χ3n) is 3.38. The molecule has 1 unspecified atom stereocenters. The molecule has 1 aromatic rings. The molecule has 2 N–H and O–H groups in total. The quantitative estimate of drug-likeness (QED) is 0.848. The molecule has 1 aliphatic heterocycles. The van der Waals surface area contributed by atoms with Gasteiger partial charge in [-0.1, -0.05) is 0 Å². The van der Waals surface area contributed by atoms with E-state index >= 15 is 0 Å². The maximum atomic E-state index is 11.1. The predicted octanol–water partition coefficient (Wildman–Crippen LogP) is 0.208. The second kappa shape index (κ2) is 4.81. The molecule has 7 heteroatoms. The molecule has 0 aliphatic carbocycles. The lowest BCUT2D eigenvalue weighted by molar-refractivity contribution is 0.573. The van der Waals surface area contributed by atoms with E-state index in [1.165, 1.54) is 0 Å². The van der Waals surface area contributed by atoms with Crippen molar-refractivity contribution in [2.24, 2.45) is 11.1 Å². The largest absolute Gasteiger partial charge is 0.355 e. The molecule has 6 nitrogen and oxygen atoms in total. The molecule has 2 rings (SSSR count). The minimum atomic E-state index is -3.39. The van der Waals surface area contributed by atoms with Gasteiger partial charge in [0.25, 0.3) is 0 Å². The van der Waals surface area contributed by atoms with Gasteiger partial charge >= 0.3 is 0 Å². The molecule has 0 spiro atoms. The lowest BCUT2D eigenvalue weighted by Crippen LogP contribution is -2.27. The summed E-state index contributed by atoms with van der Waals surface area (Å²) < 4.78 is 22.2. The summed E-state index contributed by atoms with van der Waals surface area (Å²) in [6.07, 6.45) is 2.56. The number of rotatable bonds is 3. The lowest BCUT2D eigenvalue weighted by atomic mass is 10.1. The summed E-state index contributed by atoms with van der Waals surface area (Å²) in [5, 5.41) is 13.2. The molecule has 1 aliphatic rings. The zero-order chi connectivity index (χ0) is 13.3. The zero-order valence-electron chi connectivity index (χ0n) is 10.6. The Morgan fingerprint density at radius 1 is 1.50 bits per heavy atom. The number of aryl methyl sites for hydroxylation is 1. The van der Waals surface area contributed by atoms with Gasteiger partial charge in [0.2, 0.25) is 10.0 Å². The van der Waals surface area contributed by atoms with Crippen LogP contribution in [-0.2, 0) is 10.0 Å². The van der Waals surface area contributed by atoms with Crippen LogP contribution in [0.5, 0.6) is 0 Å². The Morgan fingerprint density at radius 2 is 2.22 bits per heavy atom. The van der Waals surface area contributed by atoms with Gasteiger partial charge in [0.15, 0.2) is 5.82 Å². The number of nitrogens with two attached hydrogens (primary N) is 1. The summed E-state index contributed by atoms with van der Waals surface area (Å²) in [4.78, 5) is 2.09. The van der Waals surface area contributed by atoms with E-state index in [1.807, 2.05) is 13.8 Å². The van der Waals surface area contributed by atoms with Crippen LogP contribution in [0.25, 0.3) is 0 Å². The van der Waals surface area contributed by atoms with Crippen molar-refractivity contribution in [1.82, 2.24) is 10.2 Å². The smallest absolute Gasteiger partial charge is 0.209 e. The van der Waals surface area contributed by atoms with Gasteiger partial charge in [-0.25, -0.2) is 13.6 Å². The molecule has 0 aromatic carbocycles. The average molecular weight is 270 g/mol. The summed E-state index contributed by atoms with van der Waals surface area (Å²) in [6.45, 7) is 5.48. The number of aromatic nitrogens is 2. The number of primary sulfonamides is 1. The van der Waals surface area contributed by atoms with Crippen LogP contribution in [0.4, 0.5) is 5.82 Å².